The van der Waals surface area contributed by atoms with Crippen LogP contribution in [0.1, 0.15) is 36.7 Å². The lowest BCUT2D eigenvalue weighted by Gasteiger charge is -2.06. The smallest absolute Gasteiger partial charge is 0.357 e. The number of rotatable bonds is 5. The van der Waals surface area contributed by atoms with E-state index in [9.17, 15) is 4.79 Å². The van der Waals surface area contributed by atoms with Gasteiger partial charge in [0.1, 0.15) is 0 Å². The van der Waals surface area contributed by atoms with Crippen LogP contribution < -0.4 is 5.73 Å². The van der Waals surface area contributed by atoms with Gasteiger partial charge in [-0.05, 0) is 18.6 Å². The highest BCUT2D eigenvalue weighted by molar-refractivity contribution is 5.96. The maximum absolute atomic E-state index is 11.9. The van der Waals surface area contributed by atoms with Gasteiger partial charge in [-0.15, -0.1) is 0 Å². The topological polar surface area (TPSA) is 65.2 Å². The van der Waals surface area contributed by atoms with Crippen molar-refractivity contribution >= 4 is 22.6 Å². The maximum Gasteiger partial charge on any atom is 0.357 e. The lowest BCUT2D eigenvalue weighted by atomic mass is 10.1. The lowest BCUT2D eigenvalue weighted by Crippen LogP contribution is -2.09. The molecule has 0 amide bonds. The van der Waals surface area contributed by atoms with E-state index in [1.54, 1.807) is 6.07 Å². The zero-order valence-corrected chi connectivity index (χ0v) is 11.1. The van der Waals surface area contributed by atoms with Gasteiger partial charge >= 0.3 is 5.97 Å². The predicted octanol–water partition coefficient (Wildman–Crippen LogP) is 3.16. The van der Waals surface area contributed by atoms with Crippen molar-refractivity contribution in [1.29, 1.82) is 0 Å². The first-order chi connectivity index (χ1) is 9.22. The molecule has 4 nitrogen and oxygen atoms in total. The Kier molecular flexibility index (Phi) is 4.34. The molecule has 2 aromatic rings. The third-order valence-electron chi connectivity index (χ3n) is 2.94. The number of anilines is 1. The fourth-order valence-electron chi connectivity index (χ4n) is 1.90. The summed E-state index contributed by atoms with van der Waals surface area (Å²) in [6.07, 6.45) is 3.03. The molecular formula is C15H18N2O2. The quantitative estimate of drug-likeness (QED) is 0.661. The van der Waals surface area contributed by atoms with E-state index in [-0.39, 0.29) is 5.69 Å². The summed E-state index contributed by atoms with van der Waals surface area (Å²) in [5.41, 5.74) is 7.45. The van der Waals surface area contributed by atoms with Crippen molar-refractivity contribution in [3.05, 3.63) is 36.0 Å². The van der Waals surface area contributed by atoms with E-state index in [2.05, 4.69) is 11.9 Å². The van der Waals surface area contributed by atoms with Crippen LogP contribution in [0.5, 0.6) is 0 Å². The Morgan fingerprint density at radius 2 is 2.11 bits per heavy atom. The number of esters is 1. The molecule has 100 valence electrons. The molecule has 4 heteroatoms. The molecule has 19 heavy (non-hydrogen) atoms. The molecule has 1 aromatic heterocycles. The number of hydrogen-bond acceptors (Lipinski definition) is 4. The summed E-state index contributed by atoms with van der Waals surface area (Å²) in [7, 11) is 0. The van der Waals surface area contributed by atoms with E-state index in [0.717, 1.165) is 24.6 Å². The van der Waals surface area contributed by atoms with Gasteiger partial charge in [0, 0.05) is 11.1 Å². The molecule has 0 saturated carbocycles. The van der Waals surface area contributed by atoms with Gasteiger partial charge in [-0.3, -0.25) is 0 Å². The molecule has 0 atom stereocenters. The standard InChI is InChI=1S/C15H18N2O2/c1-2-3-6-9-19-15(18)14-10-12(16)11-7-4-5-8-13(11)17-14/h4-5,7-8,10H,2-3,6,9H2,1H3,(H2,16,17). The van der Waals surface area contributed by atoms with Crippen molar-refractivity contribution in [2.24, 2.45) is 0 Å². The first-order valence-corrected chi connectivity index (χ1v) is 6.54. The number of benzene rings is 1. The molecule has 0 radical (unpaired) electrons. The van der Waals surface area contributed by atoms with E-state index in [1.165, 1.54) is 0 Å². The van der Waals surface area contributed by atoms with Gasteiger partial charge in [-0.25, -0.2) is 9.78 Å². The molecule has 2 N–H and O–H groups in total. The number of hydrogen-bond donors (Lipinski definition) is 1. The molecule has 0 fully saturated rings. The second kappa shape index (κ2) is 6.18. The van der Waals surface area contributed by atoms with Crippen LogP contribution in [0.15, 0.2) is 30.3 Å². The first kappa shape index (κ1) is 13.3. The second-order valence-electron chi connectivity index (χ2n) is 4.46. The van der Waals surface area contributed by atoms with Crippen LogP contribution in [0.2, 0.25) is 0 Å². The van der Waals surface area contributed by atoms with Crippen LogP contribution in [-0.2, 0) is 4.74 Å². The highest BCUT2D eigenvalue weighted by atomic mass is 16.5. The van der Waals surface area contributed by atoms with Gasteiger partial charge < -0.3 is 10.5 Å². The molecule has 0 aliphatic rings. The molecule has 0 spiro atoms. The van der Waals surface area contributed by atoms with Crippen molar-refractivity contribution in [1.82, 2.24) is 4.98 Å². The second-order valence-corrected chi connectivity index (χ2v) is 4.46. The fraction of sp³-hybridized carbons (Fsp3) is 0.333. The fourth-order valence-corrected chi connectivity index (χ4v) is 1.90. The number of carbonyl (C=O) groups is 1. The summed E-state index contributed by atoms with van der Waals surface area (Å²) in [6, 6.07) is 9.05. The Hall–Kier alpha value is -2.10. The molecular weight excluding hydrogens is 240 g/mol. The Morgan fingerprint density at radius 3 is 2.89 bits per heavy atom. The number of fused-ring (bicyclic) bond motifs is 1. The van der Waals surface area contributed by atoms with Crippen LogP contribution in [-0.4, -0.2) is 17.6 Å². The van der Waals surface area contributed by atoms with Gasteiger partial charge in [0.15, 0.2) is 5.69 Å². The number of ether oxygens (including phenoxy) is 1. The normalized spacial score (nSPS) is 10.6. The van der Waals surface area contributed by atoms with Crippen LogP contribution in [0, 0.1) is 0 Å². The Bertz CT molecular complexity index is 581. The minimum atomic E-state index is -0.409. The van der Waals surface area contributed by atoms with Crippen LogP contribution in [0.25, 0.3) is 10.9 Å². The van der Waals surface area contributed by atoms with E-state index in [1.807, 2.05) is 24.3 Å². The van der Waals surface area contributed by atoms with E-state index in [0.29, 0.717) is 17.8 Å². The number of aromatic nitrogens is 1. The lowest BCUT2D eigenvalue weighted by molar-refractivity contribution is 0.0492. The van der Waals surface area contributed by atoms with E-state index < -0.39 is 5.97 Å². The monoisotopic (exact) mass is 258 g/mol. The predicted molar refractivity (Wildman–Crippen MR) is 76.0 cm³/mol. The molecule has 2 rings (SSSR count). The van der Waals surface area contributed by atoms with Crippen LogP contribution in [0.4, 0.5) is 5.69 Å². The number of para-hydroxylation sites is 1. The molecule has 0 aliphatic heterocycles. The molecule has 0 bridgehead atoms. The van der Waals surface area contributed by atoms with Crippen molar-refractivity contribution in [3.63, 3.8) is 0 Å². The Balaban J connectivity index is 2.14. The number of carbonyl (C=O) groups excluding carboxylic acids is 1. The zero-order chi connectivity index (χ0) is 13.7. The van der Waals surface area contributed by atoms with Crippen molar-refractivity contribution in [3.8, 4) is 0 Å². The Labute approximate surface area is 112 Å². The van der Waals surface area contributed by atoms with Gasteiger partial charge in [0.2, 0.25) is 0 Å². The number of nitrogens with two attached hydrogens (primary N) is 1. The zero-order valence-electron chi connectivity index (χ0n) is 11.1. The minimum absolute atomic E-state index is 0.271. The van der Waals surface area contributed by atoms with Crippen molar-refractivity contribution in [2.75, 3.05) is 12.3 Å². The minimum Gasteiger partial charge on any atom is -0.461 e. The number of nitrogens with zero attached hydrogens (tertiary/aromatic N) is 1. The molecule has 0 saturated heterocycles. The summed E-state index contributed by atoms with van der Waals surface area (Å²) >= 11 is 0. The van der Waals surface area contributed by atoms with Gasteiger partial charge in [-0.1, -0.05) is 38.0 Å². The summed E-state index contributed by atoms with van der Waals surface area (Å²) in [5, 5.41) is 0.852. The largest absolute Gasteiger partial charge is 0.461 e. The maximum atomic E-state index is 11.9. The highest BCUT2D eigenvalue weighted by Crippen LogP contribution is 2.20. The SMILES string of the molecule is CCCCCOC(=O)c1cc(N)c2ccccc2n1. The Morgan fingerprint density at radius 1 is 1.32 bits per heavy atom. The van der Waals surface area contributed by atoms with Crippen LogP contribution >= 0.6 is 0 Å². The summed E-state index contributed by atoms with van der Waals surface area (Å²) in [5.74, 6) is -0.409. The van der Waals surface area contributed by atoms with Crippen molar-refractivity contribution in [2.45, 2.75) is 26.2 Å². The highest BCUT2D eigenvalue weighted by Gasteiger charge is 2.11. The average molecular weight is 258 g/mol. The summed E-state index contributed by atoms with van der Waals surface area (Å²) in [6.45, 7) is 2.54. The average Bonchev–Trinajstić information content (AvgIpc) is 2.43. The summed E-state index contributed by atoms with van der Waals surface area (Å²) < 4.78 is 5.18. The number of pyridine rings is 1. The number of nitrogen functional groups attached to an aromatic ring is 1. The third-order valence-corrected chi connectivity index (χ3v) is 2.94. The molecule has 1 heterocycles. The third kappa shape index (κ3) is 3.22. The molecule has 0 unspecified atom stereocenters. The molecule has 0 aliphatic carbocycles. The van der Waals surface area contributed by atoms with Gasteiger partial charge in [0.25, 0.3) is 0 Å². The van der Waals surface area contributed by atoms with Gasteiger partial charge in [-0.2, -0.15) is 0 Å². The van der Waals surface area contributed by atoms with Gasteiger partial charge in [0.05, 0.1) is 12.1 Å². The number of unbranched alkanes of at least 4 members (excludes halogenated alkanes) is 2. The molecule has 1 aromatic carbocycles. The van der Waals surface area contributed by atoms with E-state index >= 15 is 0 Å². The van der Waals surface area contributed by atoms with Crippen LogP contribution in [0.3, 0.4) is 0 Å². The van der Waals surface area contributed by atoms with Crippen molar-refractivity contribution < 1.29 is 9.53 Å². The van der Waals surface area contributed by atoms with E-state index in [4.69, 9.17) is 10.5 Å². The summed E-state index contributed by atoms with van der Waals surface area (Å²) in [4.78, 5) is 16.1. The first-order valence-electron chi connectivity index (χ1n) is 6.54.